The summed E-state index contributed by atoms with van der Waals surface area (Å²) in [6, 6.07) is 15.7. The van der Waals surface area contributed by atoms with E-state index in [0.29, 0.717) is 0 Å². The van der Waals surface area contributed by atoms with Crippen molar-refractivity contribution in [1.29, 1.82) is 0 Å². The molecule has 3 nitrogen and oxygen atoms in total. The van der Waals surface area contributed by atoms with E-state index in [1.807, 2.05) is 48.5 Å². The smallest absolute Gasteiger partial charge is 0.262 e. The number of benzene rings is 2. The molecule has 0 fully saturated rings. The third-order valence-corrected chi connectivity index (χ3v) is 3.72. The van der Waals surface area contributed by atoms with Gasteiger partial charge in [-0.25, -0.2) is 0 Å². The van der Waals surface area contributed by atoms with Crippen LogP contribution in [0.1, 0.15) is 38.8 Å². The van der Waals surface area contributed by atoms with Crippen LogP contribution in [0.25, 0.3) is 0 Å². The van der Waals surface area contributed by atoms with Crippen LogP contribution in [0.3, 0.4) is 0 Å². The van der Waals surface area contributed by atoms with Gasteiger partial charge in [-0.2, -0.15) is 0 Å². The second-order valence-electron chi connectivity index (χ2n) is 6.59. The fourth-order valence-electron chi connectivity index (χ4n) is 2.51. The standard InChI is InChI=1S/C20H25NO2/c1-5-15-10-6-9-13-18(15)23-14-19(22)21-17-12-8-7-11-16(17)20(2,3)4/h6-13H,5,14H2,1-4H3,(H,21,22). The number of hydrogen-bond donors (Lipinski definition) is 1. The molecule has 0 heterocycles. The van der Waals surface area contributed by atoms with E-state index in [1.165, 1.54) is 0 Å². The van der Waals surface area contributed by atoms with E-state index in [9.17, 15) is 4.79 Å². The van der Waals surface area contributed by atoms with Crippen molar-refractivity contribution in [2.24, 2.45) is 0 Å². The number of hydrogen-bond acceptors (Lipinski definition) is 2. The quantitative estimate of drug-likeness (QED) is 0.879. The van der Waals surface area contributed by atoms with Crippen LogP contribution in [-0.4, -0.2) is 12.5 Å². The molecule has 2 aromatic rings. The zero-order valence-corrected chi connectivity index (χ0v) is 14.3. The van der Waals surface area contributed by atoms with Crippen molar-refractivity contribution >= 4 is 11.6 Å². The van der Waals surface area contributed by atoms with Gasteiger partial charge in [0, 0.05) is 5.69 Å². The molecule has 0 aliphatic rings. The van der Waals surface area contributed by atoms with Crippen LogP contribution in [0.5, 0.6) is 5.75 Å². The monoisotopic (exact) mass is 311 g/mol. The molecular weight excluding hydrogens is 286 g/mol. The number of anilines is 1. The summed E-state index contributed by atoms with van der Waals surface area (Å²) in [5.41, 5.74) is 3.04. The molecule has 0 bridgehead atoms. The number of carbonyl (C=O) groups excluding carboxylic acids is 1. The van der Waals surface area contributed by atoms with Crippen molar-refractivity contribution in [3.63, 3.8) is 0 Å². The van der Waals surface area contributed by atoms with Gasteiger partial charge < -0.3 is 10.1 Å². The van der Waals surface area contributed by atoms with E-state index in [1.54, 1.807) is 0 Å². The largest absolute Gasteiger partial charge is 0.483 e. The molecule has 1 N–H and O–H groups in total. The summed E-state index contributed by atoms with van der Waals surface area (Å²) < 4.78 is 5.68. The maximum absolute atomic E-state index is 12.2. The van der Waals surface area contributed by atoms with Crippen LogP contribution in [0.2, 0.25) is 0 Å². The minimum Gasteiger partial charge on any atom is -0.483 e. The number of carbonyl (C=O) groups is 1. The Bertz CT molecular complexity index is 671. The lowest BCUT2D eigenvalue weighted by molar-refractivity contribution is -0.118. The van der Waals surface area contributed by atoms with Gasteiger partial charge >= 0.3 is 0 Å². The highest BCUT2D eigenvalue weighted by Gasteiger charge is 2.18. The Balaban J connectivity index is 2.04. The number of ether oxygens (including phenoxy) is 1. The Morgan fingerprint density at radius 1 is 1.04 bits per heavy atom. The van der Waals surface area contributed by atoms with Gasteiger partial charge in [-0.15, -0.1) is 0 Å². The summed E-state index contributed by atoms with van der Waals surface area (Å²) in [6.07, 6.45) is 0.880. The van der Waals surface area contributed by atoms with Crippen molar-refractivity contribution in [2.75, 3.05) is 11.9 Å². The first kappa shape index (κ1) is 17.1. The van der Waals surface area contributed by atoms with E-state index in [4.69, 9.17) is 4.74 Å². The second-order valence-corrected chi connectivity index (χ2v) is 6.59. The van der Waals surface area contributed by atoms with Gasteiger partial charge in [-0.05, 0) is 35.1 Å². The minimum absolute atomic E-state index is 0.00942. The normalized spacial score (nSPS) is 11.1. The third-order valence-electron chi connectivity index (χ3n) is 3.72. The van der Waals surface area contributed by atoms with E-state index in [2.05, 4.69) is 33.0 Å². The summed E-state index contributed by atoms with van der Waals surface area (Å²) in [7, 11) is 0. The molecule has 0 atom stereocenters. The van der Waals surface area contributed by atoms with E-state index < -0.39 is 0 Å². The molecule has 1 amide bonds. The van der Waals surface area contributed by atoms with Crippen molar-refractivity contribution < 1.29 is 9.53 Å². The van der Waals surface area contributed by atoms with E-state index >= 15 is 0 Å². The number of rotatable bonds is 5. The highest BCUT2D eigenvalue weighted by Crippen LogP contribution is 2.29. The Labute approximate surface area is 138 Å². The fourth-order valence-corrected chi connectivity index (χ4v) is 2.51. The molecule has 0 spiro atoms. The van der Waals surface area contributed by atoms with Crippen LogP contribution < -0.4 is 10.1 Å². The van der Waals surface area contributed by atoms with E-state index in [-0.39, 0.29) is 17.9 Å². The Morgan fingerprint density at radius 3 is 2.39 bits per heavy atom. The average Bonchev–Trinajstić information content (AvgIpc) is 2.52. The highest BCUT2D eigenvalue weighted by molar-refractivity contribution is 5.92. The molecule has 23 heavy (non-hydrogen) atoms. The lowest BCUT2D eigenvalue weighted by atomic mass is 9.86. The van der Waals surface area contributed by atoms with Crippen molar-refractivity contribution in [3.05, 3.63) is 59.7 Å². The van der Waals surface area contributed by atoms with Crippen LogP contribution in [-0.2, 0) is 16.6 Å². The number of amides is 1. The Morgan fingerprint density at radius 2 is 1.70 bits per heavy atom. The SMILES string of the molecule is CCc1ccccc1OCC(=O)Nc1ccccc1C(C)(C)C. The van der Waals surface area contributed by atoms with E-state index in [0.717, 1.165) is 29.0 Å². The summed E-state index contributed by atoms with van der Waals surface area (Å²) >= 11 is 0. The Kier molecular flexibility index (Phi) is 5.43. The number of nitrogens with one attached hydrogen (secondary N) is 1. The summed E-state index contributed by atoms with van der Waals surface area (Å²) in [6.45, 7) is 8.47. The molecule has 0 saturated heterocycles. The lowest BCUT2D eigenvalue weighted by Gasteiger charge is -2.23. The predicted octanol–water partition coefficient (Wildman–Crippen LogP) is 4.56. The maximum Gasteiger partial charge on any atom is 0.262 e. The molecule has 2 aromatic carbocycles. The van der Waals surface area contributed by atoms with Gasteiger partial charge in [-0.1, -0.05) is 64.1 Å². The zero-order chi connectivity index (χ0) is 16.9. The second kappa shape index (κ2) is 7.32. The highest BCUT2D eigenvalue weighted by atomic mass is 16.5. The molecule has 0 saturated carbocycles. The number of aryl methyl sites for hydroxylation is 1. The molecule has 2 rings (SSSR count). The molecule has 122 valence electrons. The fraction of sp³-hybridized carbons (Fsp3) is 0.350. The average molecular weight is 311 g/mol. The van der Waals surface area contributed by atoms with Crippen molar-refractivity contribution in [2.45, 2.75) is 39.5 Å². The first-order valence-corrected chi connectivity index (χ1v) is 8.02. The number of para-hydroxylation sites is 2. The molecular formula is C20H25NO2. The van der Waals surface area contributed by atoms with Crippen molar-refractivity contribution in [3.8, 4) is 5.75 Å². The summed E-state index contributed by atoms with van der Waals surface area (Å²) in [5.74, 6) is 0.627. The summed E-state index contributed by atoms with van der Waals surface area (Å²) in [4.78, 5) is 12.2. The van der Waals surface area contributed by atoms with Crippen LogP contribution >= 0.6 is 0 Å². The van der Waals surface area contributed by atoms with Crippen LogP contribution in [0.4, 0.5) is 5.69 Å². The lowest BCUT2D eigenvalue weighted by Crippen LogP contribution is -2.23. The maximum atomic E-state index is 12.2. The van der Waals surface area contributed by atoms with Gasteiger partial charge in [0.25, 0.3) is 5.91 Å². The molecule has 0 radical (unpaired) electrons. The van der Waals surface area contributed by atoms with Crippen LogP contribution in [0, 0.1) is 0 Å². The first-order chi connectivity index (χ1) is 10.9. The van der Waals surface area contributed by atoms with Crippen molar-refractivity contribution in [1.82, 2.24) is 0 Å². The Hall–Kier alpha value is -2.29. The topological polar surface area (TPSA) is 38.3 Å². The zero-order valence-electron chi connectivity index (χ0n) is 14.3. The van der Waals surface area contributed by atoms with Gasteiger partial charge in [0.05, 0.1) is 0 Å². The molecule has 3 heteroatoms. The van der Waals surface area contributed by atoms with Gasteiger partial charge in [0.2, 0.25) is 0 Å². The predicted molar refractivity (Wildman–Crippen MR) is 95.1 cm³/mol. The van der Waals surface area contributed by atoms with Gasteiger partial charge in [0.15, 0.2) is 6.61 Å². The van der Waals surface area contributed by atoms with Gasteiger partial charge in [0.1, 0.15) is 5.75 Å². The molecule has 0 aliphatic carbocycles. The van der Waals surface area contributed by atoms with Crippen LogP contribution in [0.15, 0.2) is 48.5 Å². The molecule has 0 unspecified atom stereocenters. The van der Waals surface area contributed by atoms with Gasteiger partial charge in [-0.3, -0.25) is 4.79 Å². The molecule has 0 aromatic heterocycles. The third kappa shape index (κ3) is 4.59. The minimum atomic E-state index is -0.146. The summed E-state index contributed by atoms with van der Waals surface area (Å²) in [5, 5.41) is 2.96. The molecule has 0 aliphatic heterocycles. The first-order valence-electron chi connectivity index (χ1n) is 8.02.